The summed E-state index contributed by atoms with van der Waals surface area (Å²) in [6.07, 6.45) is 1.97. The molecule has 1 aliphatic rings. The van der Waals surface area contributed by atoms with E-state index in [1.54, 1.807) is 0 Å². The molecule has 1 unspecified atom stereocenters. The van der Waals surface area contributed by atoms with E-state index < -0.39 is 5.82 Å². The fourth-order valence-electron chi connectivity index (χ4n) is 2.10. The number of methoxy groups -OCH3 is 1. The summed E-state index contributed by atoms with van der Waals surface area (Å²) in [5, 5.41) is 6.10. The van der Waals surface area contributed by atoms with E-state index in [9.17, 15) is 9.18 Å². The summed E-state index contributed by atoms with van der Waals surface area (Å²) in [5.74, 6) is -0.347. The molecule has 4 nitrogen and oxygen atoms in total. The van der Waals surface area contributed by atoms with Crippen LogP contribution in [0.4, 0.5) is 4.39 Å². The van der Waals surface area contributed by atoms with E-state index in [2.05, 4.69) is 10.6 Å². The van der Waals surface area contributed by atoms with E-state index in [4.69, 9.17) is 4.74 Å². The molecule has 1 heterocycles. The predicted octanol–water partition coefficient (Wildman–Crippen LogP) is 1.74. The highest BCUT2D eigenvalue weighted by Gasteiger charge is 2.19. The molecule has 1 aromatic rings. The Balaban J connectivity index is 0.00000180. The number of amides is 1. The third-order valence-electron chi connectivity index (χ3n) is 3.04. The average molecular weight is 289 g/mol. The SMILES string of the molecule is COc1ccc(F)cc1C(=O)NC1CCCNC1.Cl. The third-order valence-corrected chi connectivity index (χ3v) is 3.04. The van der Waals surface area contributed by atoms with E-state index in [1.165, 1.54) is 25.3 Å². The van der Waals surface area contributed by atoms with Gasteiger partial charge in [-0.05, 0) is 37.6 Å². The summed E-state index contributed by atoms with van der Waals surface area (Å²) in [7, 11) is 1.46. The van der Waals surface area contributed by atoms with Crippen LogP contribution in [0, 0.1) is 5.82 Å². The van der Waals surface area contributed by atoms with Gasteiger partial charge in [0, 0.05) is 12.6 Å². The summed E-state index contributed by atoms with van der Waals surface area (Å²) < 4.78 is 18.2. The predicted molar refractivity (Wildman–Crippen MR) is 73.6 cm³/mol. The molecular formula is C13H18ClFN2O2. The minimum atomic E-state index is -0.442. The Morgan fingerprint density at radius 2 is 2.32 bits per heavy atom. The molecule has 1 aromatic carbocycles. The number of nitrogens with one attached hydrogen (secondary N) is 2. The third kappa shape index (κ3) is 4.08. The number of piperidine rings is 1. The van der Waals surface area contributed by atoms with Crippen LogP contribution in [-0.2, 0) is 0 Å². The van der Waals surface area contributed by atoms with Crippen molar-refractivity contribution < 1.29 is 13.9 Å². The molecule has 1 amide bonds. The summed E-state index contributed by atoms with van der Waals surface area (Å²) in [6.45, 7) is 1.74. The number of carbonyl (C=O) groups is 1. The Kier molecular flexibility index (Phi) is 6.05. The standard InChI is InChI=1S/C13H17FN2O2.ClH/c1-18-12-5-4-9(14)7-11(12)13(17)16-10-3-2-6-15-8-10;/h4-5,7,10,15H,2-3,6,8H2,1H3,(H,16,17);1H. The van der Waals surface area contributed by atoms with E-state index in [0.29, 0.717) is 5.75 Å². The molecule has 0 radical (unpaired) electrons. The largest absolute Gasteiger partial charge is 0.496 e. The molecule has 1 aliphatic heterocycles. The van der Waals surface area contributed by atoms with E-state index in [1.807, 2.05) is 0 Å². The number of halogens is 2. The van der Waals surface area contributed by atoms with Crippen LogP contribution in [0.5, 0.6) is 5.75 Å². The molecule has 1 saturated heterocycles. The van der Waals surface area contributed by atoms with Gasteiger partial charge >= 0.3 is 0 Å². The molecule has 0 aromatic heterocycles. The highest BCUT2D eigenvalue weighted by atomic mass is 35.5. The molecule has 0 aliphatic carbocycles. The Morgan fingerprint density at radius 1 is 1.53 bits per heavy atom. The van der Waals surface area contributed by atoms with Gasteiger partial charge < -0.3 is 15.4 Å². The van der Waals surface area contributed by atoms with Gasteiger partial charge in [-0.2, -0.15) is 0 Å². The van der Waals surface area contributed by atoms with Gasteiger partial charge in [0.15, 0.2) is 0 Å². The molecule has 1 fully saturated rings. The van der Waals surface area contributed by atoms with Crippen molar-refractivity contribution >= 4 is 18.3 Å². The Morgan fingerprint density at radius 3 is 2.95 bits per heavy atom. The first-order chi connectivity index (χ1) is 8.70. The van der Waals surface area contributed by atoms with Crippen molar-refractivity contribution in [3.05, 3.63) is 29.6 Å². The Labute approximate surface area is 118 Å². The van der Waals surface area contributed by atoms with Crippen LogP contribution in [0.25, 0.3) is 0 Å². The average Bonchev–Trinajstić information content (AvgIpc) is 2.40. The van der Waals surface area contributed by atoms with Gasteiger partial charge in [-0.25, -0.2) is 4.39 Å². The lowest BCUT2D eigenvalue weighted by molar-refractivity contribution is 0.0927. The lowest BCUT2D eigenvalue weighted by Crippen LogP contribution is -2.45. The first-order valence-electron chi connectivity index (χ1n) is 6.06. The zero-order valence-electron chi connectivity index (χ0n) is 10.7. The van der Waals surface area contributed by atoms with Crippen molar-refractivity contribution in [3.8, 4) is 5.75 Å². The first kappa shape index (κ1) is 15.7. The highest BCUT2D eigenvalue weighted by Crippen LogP contribution is 2.19. The topological polar surface area (TPSA) is 50.4 Å². The zero-order valence-corrected chi connectivity index (χ0v) is 11.6. The molecular weight excluding hydrogens is 271 g/mol. The van der Waals surface area contributed by atoms with E-state index >= 15 is 0 Å². The quantitative estimate of drug-likeness (QED) is 0.891. The molecule has 0 saturated carbocycles. The van der Waals surface area contributed by atoms with Gasteiger partial charge in [0.25, 0.3) is 5.91 Å². The molecule has 6 heteroatoms. The van der Waals surface area contributed by atoms with Crippen LogP contribution in [0.3, 0.4) is 0 Å². The number of hydrogen-bond donors (Lipinski definition) is 2. The van der Waals surface area contributed by atoms with Gasteiger partial charge in [0.1, 0.15) is 11.6 Å². The van der Waals surface area contributed by atoms with Crippen molar-refractivity contribution in [1.82, 2.24) is 10.6 Å². The summed E-state index contributed by atoms with van der Waals surface area (Å²) >= 11 is 0. The maximum atomic E-state index is 13.2. The number of carbonyl (C=O) groups excluding carboxylic acids is 1. The van der Waals surface area contributed by atoms with Crippen LogP contribution >= 0.6 is 12.4 Å². The van der Waals surface area contributed by atoms with Crippen LogP contribution < -0.4 is 15.4 Å². The van der Waals surface area contributed by atoms with Crippen LogP contribution in [0.1, 0.15) is 23.2 Å². The van der Waals surface area contributed by atoms with Crippen molar-refractivity contribution in [1.29, 1.82) is 0 Å². The van der Waals surface area contributed by atoms with Crippen LogP contribution in [-0.4, -0.2) is 32.1 Å². The second-order valence-corrected chi connectivity index (χ2v) is 4.36. The number of ether oxygens (including phenoxy) is 1. The molecule has 1 atom stereocenters. The van der Waals surface area contributed by atoms with E-state index in [-0.39, 0.29) is 29.9 Å². The van der Waals surface area contributed by atoms with Gasteiger partial charge in [0.05, 0.1) is 12.7 Å². The lowest BCUT2D eigenvalue weighted by atomic mass is 10.1. The molecule has 19 heavy (non-hydrogen) atoms. The second-order valence-electron chi connectivity index (χ2n) is 4.36. The summed E-state index contributed by atoms with van der Waals surface area (Å²) in [6, 6.07) is 4.03. The van der Waals surface area contributed by atoms with Crippen molar-refractivity contribution in [2.75, 3.05) is 20.2 Å². The van der Waals surface area contributed by atoms with Gasteiger partial charge in [0.2, 0.25) is 0 Å². The minimum Gasteiger partial charge on any atom is -0.496 e. The number of benzene rings is 1. The second kappa shape index (κ2) is 7.31. The monoisotopic (exact) mass is 288 g/mol. The molecule has 106 valence electrons. The maximum absolute atomic E-state index is 13.2. The van der Waals surface area contributed by atoms with E-state index in [0.717, 1.165) is 25.9 Å². The lowest BCUT2D eigenvalue weighted by Gasteiger charge is -2.24. The Bertz CT molecular complexity index is 437. The fourth-order valence-corrected chi connectivity index (χ4v) is 2.10. The number of rotatable bonds is 3. The number of hydrogen-bond acceptors (Lipinski definition) is 3. The summed E-state index contributed by atoms with van der Waals surface area (Å²) in [4.78, 5) is 12.1. The first-order valence-corrected chi connectivity index (χ1v) is 6.06. The van der Waals surface area contributed by atoms with Crippen molar-refractivity contribution in [3.63, 3.8) is 0 Å². The fraction of sp³-hybridized carbons (Fsp3) is 0.462. The van der Waals surface area contributed by atoms with Crippen LogP contribution in [0.2, 0.25) is 0 Å². The van der Waals surface area contributed by atoms with Crippen molar-refractivity contribution in [2.45, 2.75) is 18.9 Å². The maximum Gasteiger partial charge on any atom is 0.255 e. The van der Waals surface area contributed by atoms with Crippen LogP contribution in [0.15, 0.2) is 18.2 Å². The van der Waals surface area contributed by atoms with Crippen molar-refractivity contribution in [2.24, 2.45) is 0 Å². The molecule has 2 N–H and O–H groups in total. The van der Waals surface area contributed by atoms with Gasteiger partial charge in [-0.15, -0.1) is 12.4 Å². The van der Waals surface area contributed by atoms with Gasteiger partial charge in [-0.1, -0.05) is 0 Å². The highest BCUT2D eigenvalue weighted by molar-refractivity contribution is 5.97. The molecule has 0 bridgehead atoms. The Hall–Kier alpha value is -1.33. The summed E-state index contributed by atoms with van der Waals surface area (Å²) in [5.41, 5.74) is 0.239. The zero-order chi connectivity index (χ0) is 13.0. The van der Waals surface area contributed by atoms with Gasteiger partial charge in [-0.3, -0.25) is 4.79 Å². The molecule has 2 rings (SSSR count). The minimum absolute atomic E-state index is 0. The molecule has 0 spiro atoms. The smallest absolute Gasteiger partial charge is 0.255 e. The normalized spacial score (nSPS) is 18.3.